The number of carbonyl (C=O) groups excluding carboxylic acids is 1. The molecule has 2 unspecified atom stereocenters. The van der Waals surface area contributed by atoms with Gasteiger partial charge in [-0.2, -0.15) is 0 Å². The highest BCUT2D eigenvalue weighted by Gasteiger charge is 2.32. The van der Waals surface area contributed by atoms with E-state index >= 15 is 0 Å². The average Bonchev–Trinajstić information content (AvgIpc) is 2.77. The maximum Gasteiger partial charge on any atom is 0.307 e. The molecule has 1 saturated heterocycles. The van der Waals surface area contributed by atoms with Gasteiger partial charge in [-0.1, -0.05) is 0 Å². The molecule has 1 aliphatic rings. The minimum atomic E-state index is -0.743. The van der Waals surface area contributed by atoms with Crippen LogP contribution in [-0.2, 0) is 4.79 Å². The van der Waals surface area contributed by atoms with Gasteiger partial charge in [0.1, 0.15) is 0 Å². The van der Waals surface area contributed by atoms with Gasteiger partial charge in [-0.25, -0.2) is 0 Å². The highest BCUT2D eigenvalue weighted by molar-refractivity contribution is 7.13. The van der Waals surface area contributed by atoms with E-state index in [9.17, 15) is 9.59 Å². The van der Waals surface area contributed by atoms with Gasteiger partial charge in [-0.3, -0.25) is 9.59 Å². The second kappa shape index (κ2) is 4.76. The predicted octanol–water partition coefficient (Wildman–Crippen LogP) is 1.34. The molecular weight excluding hydrogens is 226 g/mol. The largest absolute Gasteiger partial charge is 0.481 e. The third-order valence-electron chi connectivity index (χ3n) is 2.93. The molecular formula is C11H13NO3S. The molecule has 1 aliphatic heterocycles. The number of carboxylic acids is 1. The topological polar surface area (TPSA) is 66.4 Å². The van der Waals surface area contributed by atoms with Crippen molar-refractivity contribution in [2.75, 3.05) is 13.1 Å². The zero-order valence-corrected chi connectivity index (χ0v) is 9.50. The van der Waals surface area contributed by atoms with Gasteiger partial charge in [-0.15, -0.1) is 11.3 Å². The molecule has 2 heterocycles. The second-order valence-electron chi connectivity index (χ2n) is 3.90. The number of piperidine rings is 1. The Morgan fingerprint density at radius 2 is 2.38 bits per heavy atom. The fourth-order valence-electron chi connectivity index (χ4n) is 2.08. The lowest BCUT2D eigenvalue weighted by molar-refractivity contribution is -0.143. The van der Waals surface area contributed by atoms with Crippen LogP contribution in [-0.4, -0.2) is 30.5 Å². The molecule has 0 spiro atoms. The van der Waals surface area contributed by atoms with Crippen LogP contribution in [0.4, 0.5) is 0 Å². The zero-order chi connectivity index (χ0) is 11.5. The summed E-state index contributed by atoms with van der Waals surface area (Å²) in [6.45, 7) is 1.43. The van der Waals surface area contributed by atoms with E-state index in [1.807, 2.05) is 6.07 Å². The summed E-state index contributed by atoms with van der Waals surface area (Å²) in [5.74, 6) is -1.09. The number of hydrogen-bond donors (Lipinski definition) is 2. The van der Waals surface area contributed by atoms with Crippen molar-refractivity contribution >= 4 is 23.6 Å². The summed E-state index contributed by atoms with van der Waals surface area (Å²) in [5, 5.41) is 12.3. The van der Waals surface area contributed by atoms with Crippen molar-refractivity contribution in [3.8, 4) is 0 Å². The van der Waals surface area contributed by atoms with E-state index < -0.39 is 5.97 Å². The molecule has 2 atom stereocenters. The quantitative estimate of drug-likeness (QED) is 0.781. The van der Waals surface area contributed by atoms with Gasteiger partial charge >= 0.3 is 5.97 Å². The van der Waals surface area contributed by atoms with Gasteiger partial charge in [0.15, 0.2) is 6.29 Å². The molecule has 86 valence electrons. The molecule has 0 aliphatic carbocycles. The minimum absolute atomic E-state index is 0.00931. The number of aliphatic carboxylic acids is 1. The van der Waals surface area contributed by atoms with E-state index in [1.165, 1.54) is 11.3 Å². The van der Waals surface area contributed by atoms with Crippen LogP contribution in [0.15, 0.2) is 12.1 Å². The maximum absolute atomic E-state index is 11.1. The molecule has 2 N–H and O–H groups in total. The Labute approximate surface area is 97.3 Å². The van der Waals surface area contributed by atoms with Gasteiger partial charge in [0.25, 0.3) is 0 Å². The SMILES string of the molecule is O=Cc1ccc(C2CNCCC2C(=O)O)s1. The molecule has 16 heavy (non-hydrogen) atoms. The third-order valence-corrected chi connectivity index (χ3v) is 4.07. The summed E-state index contributed by atoms with van der Waals surface area (Å²) in [5.41, 5.74) is 0. The average molecular weight is 239 g/mol. The molecule has 5 heteroatoms. The highest BCUT2D eigenvalue weighted by Crippen LogP contribution is 2.33. The van der Waals surface area contributed by atoms with E-state index in [0.717, 1.165) is 17.7 Å². The molecule has 1 fully saturated rings. The van der Waals surface area contributed by atoms with Crippen molar-refractivity contribution in [3.63, 3.8) is 0 Å². The summed E-state index contributed by atoms with van der Waals surface area (Å²) >= 11 is 1.39. The zero-order valence-electron chi connectivity index (χ0n) is 8.68. The first-order valence-corrected chi connectivity index (χ1v) is 6.02. The van der Waals surface area contributed by atoms with Crippen LogP contribution in [0.1, 0.15) is 26.9 Å². The Morgan fingerprint density at radius 1 is 1.56 bits per heavy atom. The smallest absolute Gasteiger partial charge is 0.307 e. The Kier molecular flexibility index (Phi) is 3.36. The minimum Gasteiger partial charge on any atom is -0.481 e. The lowest BCUT2D eigenvalue weighted by atomic mass is 9.85. The van der Waals surface area contributed by atoms with Crippen LogP contribution in [0.2, 0.25) is 0 Å². The van der Waals surface area contributed by atoms with E-state index in [-0.39, 0.29) is 11.8 Å². The monoisotopic (exact) mass is 239 g/mol. The molecule has 2 rings (SSSR count). The number of aldehydes is 1. The summed E-state index contributed by atoms with van der Waals surface area (Å²) in [6.07, 6.45) is 1.45. The van der Waals surface area contributed by atoms with Gasteiger partial charge in [-0.05, 0) is 25.1 Å². The maximum atomic E-state index is 11.1. The van der Waals surface area contributed by atoms with Gasteiger partial charge in [0, 0.05) is 17.3 Å². The summed E-state index contributed by atoms with van der Waals surface area (Å²) in [4.78, 5) is 23.4. The van der Waals surface area contributed by atoms with Crippen molar-refractivity contribution in [2.24, 2.45) is 5.92 Å². The molecule has 0 aromatic carbocycles. The third kappa shape index (κ3) is 2.15. The number of carbonyl (C=O) groups is 2. The summed E-state index contributed by atoms with van der Waals surface area (Å²) < 4.78 is 0. The van der Waals surface area contributed by atoms with Crippen molar-refractivity contribution in [3.05, 3.63) is 21.9 Å². The van der Waals surface area contributed by atoms with Crippen LogP contribution in [0, 0.1) is 5.92 Å². The fourth-order valence-corrected chi connectivity index (χ4v) is 3.08. The van der Waals surface area contributed by atoms with Crippen molar-refractivity contribution < 1.29 is 14.7 Å². The predicted molar refractivity (Wildman–Crippen MR) is 61.1 cm³/mol. The number of carboxylic acid groups (broad SMARTS) is 1. The van der Waals surface area contributed by atoms with Crippen LogP contribution < -0.4 is 5.32 Å². The standard InChI is InChI=1S/C11H13NO3S/c13-6-7-1-2-10(16-7)9-5-12-4-3-8(9)11(14)15/h1-2,6,8-9,12H,3-5H2,(H,14,15). The lowest BCUT2D eigenvalue weighted by Gasteiger charge is -2.28. The Hall–Kier alpha value is -1.20. The van der Waals surface area contributed by atoms with Crippen LogP contribution in [0.5, 0.6) is 0 Å². The van der Waals surface area contributed by atoms with Crippen molar-refractivity contribution in [1.29, 1.82) is 0 Å². The summed E-state index contributed by atoms with van der Waals surface area (Å²) in [7, 11) is 0. The fraction of sp³-hybridized carbons (Fsp3) is 0.455. The number of hydrogen-bond acceptors (Lipinski definition) is 4. The Morgan fingerprint density at radius 3 is 3.00 bits per heavy atom. The first kappa shape index (κ1) is 11.3. The highest BCUT2D eigenvalue weighted by atomic mass is 32.1. The van der Waals surface area contributed by atoms with E-state index in [1.54, 1.807) is 6.07 Å². The number of rotatable bonds is 3. The first-order valence-electron chi connectivity index (χ1n) is 5.21. The number of thiophene rings is 1. The lowest BCUT2D eigenvalue weighted by Crippen LogP contribution is -2.38. The molecule has 0 saturated carbocycles. The van der Waals surface area contributed by atoms with Crippen molar-refractivity contribution in [2.45, 2.75) is 12.3 Å². The van der Waals surface area contributed by atoms with Gasteiger partial charge < -0.3 is 10.4 Å². The normalized spacial score (nSPS) is 25.2. The molecule has 4 nitrogen and oxygen atoms in total. The van der Waals surface area contributed by atoms with E-state index in [0.29, 0.717) is 17.8 Å². The summed E-state index contributed by atoms with van der Waals surface area (Å²) in [6, 6.07) is 3.61. The van der Waals surface area contributed by atoms with Gasteiger partial charge in [0.2, 0.25) is 0 Å². The van der Waals surface area contributed by atoms with E-state index in [2.05, 4.69) is 5.32 Å². The molecule has 1 aromatic rings. The Bertz CT molecular complexity index is 402. The Balaban J connectivity index is 2.22. The van der Waals surface area contributed by atoms with Crippen molar-refractivity contribution in [1.82, 2.24) is 5.32 Å². The number of nitrogens with one attached hydrogen (secondary N) is 1. The van der Waals surface area contributed by atoms with Crippen LogP contribution in [0.25, 0.3) is 0 Å². The molecule has 0 radical (unpaired) electrons. The van der Waals surface area contributed by atoms with E-state index in [4.69, 9.17) is 5.11 Å². The molecule has 0 bridgehead atoms. The van der Waals surface area contributed by atoms with Crippen LogP contribution >= 0.6 is 11.3 Å². The van der Waals surface area contributed by atoms with Gasteiger partial charge in [0.05, 0.1) is 10.8 Å². The first-order chi connectivity index (χ1) is 7.72. The molecule has 0 amide bonds. The molecule has 1 aromatic heterocycles. The van der Waals surface area contributed by atoms with Crippen LogP contribution in [0.3, 0.4) is 0 Å². The second-order valence-corrected chi connectivity index (χ2v) is 5.05.